The Kier molecular flexibility index (Phi) is 1.41. The molecule has 0 amide bonds. The van der Waals surface area contributed by atoms with Crippen LogP contribution in [0.2, 0.25) is 0 Å². The molecule has 0 spiro atoms. The molecule has 0 unspecified atom stereocenters. The third-order valence-corrected chi connectivity index (χ3v) is 2.01. The van der Waals surface area contributed by atoms with Gasteiger partial charge in [-0.25, -0.2) is 4.79 Å². The highest BCUT2D eigenvalue weighted by Gasteiger charge is 2.30. The van der Waals surface area contributed by atoms with Crippen LogP contribution in [0.1, 0.15) is 27.8 Å². The first kappa shape index (κ1) is 7.31. The normalized spacial score (nSPS) is 20.5. The summed E-state index contributed by atoms with van der Waals surface area (Å²) in [7, 11) is 0. The second-order valence-corrected chi connectivity index (χ2v) is 2.79. The van der Waals surface area contributed by atoms with E-state index in [1.165, 1.54) is 0 Å². The summed E-state index contributed by atoms with van der Waals surface area (Å²) >= 11 is 0. The molecule has 1 aliphatic heterocycles. The molecule has 3 nitrogen and oxygen atoms in total. The Morgan fingerprint density at radius 3 is 2.92 bits per heavy atom. The highest BCUT2D eigenvalue weighted by Crippen LogP contribution is 2.30. The topological polar surface area (TPSA) is 46.5 Å². The monoisotopic (exact) mass is 164 g/mol. The van der Waals surface area contributed by atoms with Gasteiger partial charge >= 0.3 is 5.97 Å². The molecule has 0 bridgehead atoms. The fourth-order valence-electron chi connectivity index (χ4n) is 1.41. The van der Waals surface area contributed by atoms with Crippen molar-refractivity contribution in [3.05, 3.63) is 34.9 Å². The number of aliphatic hydroxyl groups excluding tert-OH is 1. The Balaban J connectivity index is 2.67. The van der Waals surface area contributed by atoms with Gasteiger partial charge < -0.3 is 9.84 Å². The number of aryl methyl sites for hydroxylation is 1. The summed E-state index contributed by atoms with van der Waals surface area (Å²) in [5.41, 5.74) is 1.95. The first-order valence-electron chi connectivity index (χ1n) is 3.68. The molecule has 0 radical (unpaired) electrons. The van der Waals surface area contributed by atoms with Crippen molar-refractivity contribution in [2.24, 2.45) is 0 Å². The van der Waals surface area contributed by atoms with E-state index in [-0.39, 0.29) is 0 Å². The first-order valence-corrected chi connectivity index (χ1v) is 3.68. The summed E-state index contributed by atoms with van der Waals surface area (Å²) in [6.45, 7) is 1.84. The average Bonchev–Trinajstić information content (AvgIpc) is 2.29. The van der Waals surface area contributed by atoms with E-state index in [0.29, 0.717) is 11.1 Å². The largest absolute Gasteiger partial charge is 0.428 e. The molecule has 1 heterocycles. The van der Waals surface area contributed by atoms with Crippen LogP contribution in [0.25, 0.3) is 0 Å². The van der Waals surface area contributed by atoms with Crippen molar-refractivity contribution in [2.45, 2.75) is 13.2 Å². The molecule has 62 valence electrons. The number of hydrogen-bond donors (Lipinski definition) is 1. The smallest absolute Gasteiger partial charge is 0.341 e. The van der Waals surface area contributed by atoms with Crippen LogP contribution < -0.4 is 0 Å². The van der Waals surface area contributed by atoms with Crippen LogP contribution in [0.4, 0.5) is 0 Å². The van der Waals surface area contributed by atoms with Crippen molar-refractivity contribution >= 4 is 5.97 Å². The number of hydrogen-bond acceptors (Lipinski definition) is 3. The zero-order valence-corrected chi connectivity index (χ0v) is 6.57. The molecular weight excluding hydrogens is 156 g/mol. The Morgan fingerprint density at radius 2 is 2.25 bits per heavy atom. The molecule has 0 aromatic heterocycles. The molecule has 2 rings (SSSR count). The highest BCUT2D eigenvalue weighted by molar-refractivity contribution is 5.94. The highest BCUT2D eigenvalue weighted by atomic mass is 16.6. The van der Waals surface area contributed by atoms with Crippen molar-refractivity contribution in [1.82, 2.24) is 0 Å². The van der Waals surface area contributed by atoms with Crippen molar-refractivity contribution in [3.8, 4) is 0 Å². The number of ether oxygens (including phenoxy) is 1. The molecule has 1 aliphatic rings. The van der Waals surface area contributed by atoms with Crippen molar-refractivity contribution in [1.29, 1.82) is 0 Å². The van der Waals surface area contributed by atoms with Gasteiger partial charge in [-0.05, 0) is 18.6 Å². The summed E-state index contributed by atoms with van der Waals surface area (Å²) in [5.74, 6) is -0.443. The van der Waals surface area contributed by atoms with Gasteiger partial charge in [-0.1, -0.05) is 12.1 Å². The maximum absolute atomic E-state index is 11.0. The van der Waals surface area contributed by atoms with Crippen LogP contribution in [0, 0.1) is 6.92 Å². The summed E-state index contributed by atoms with van der Waals surface area (Å²) < 4.78 is 4.63. The van der Waals surface area contributed by atoms with Crippen LogP contribution in [-0.4, -0.2) is 11.1 Å². The summed E-state index contributed by atoms with van der Waals surface area (Å²) in [4.78, 5) is 11.0. The fraction of sp³-hybridized carbons (Fsp3) is 0.222. The number of benzene rings is 1. The first-order chi connectivity index (χ1) is 5.70. The van der Waals surface area contributed by atoms with Crippen LogP contribution in [0.5, 0.6) is 0 Å². The Labute approximate surface area is 69.6 Å². The molecule has 1 aromatic carbocycles. The van der Waals surface area contributed by atoms with Crippen molar-refractivity contribution < 1.29 is 14.6 Å². The van der Waals surface area contributed by atoms with Crippen LogP contribution in [0.15, 0.2) is 18.2 Å². The van der Waals surface area contributed by atoms with E-state index in [9.17, 15) is 9.90 Å². The third kappa shape index (κ3) is 0.833. The minimum atomic E-state index is -1.08. The van der Waals surface area contributed by atoms with Gasteiger partial charge in [0.1, 0.15) is 0 Å². The quantitative estimate of drug-likeness (QED) is 0.585. The molecule has 1 atom stereocenters. The number of carbonyl (C=O) groups excluding carboxylic acids is 1. The summed E-state index contributed by atoms with van der Waals surface area (Å²) in [6, 6.07) is 5.26. The van der Waals surface area contributed by atoms with Crippen LogP contribution in [-0.2, 0) is 4.74 Å². The van der Waals surface area contributed by atoms with Gasteiger partial charge in [-0.3, -0.25) is 0 Å². The standard InChI is InChI=1S/C9H8O3/c1-5-3-2-4-6-7(5)9(11)12-8(6)10/h2-4,9,11H,1H3/t9-/m0/s1. The number of esters is 1. The lowest BCUT2D eigenvalue weighted by molar-refractivity contribution is -0.0550. The number of fused-ring (bicyclic) bond motifs is 1. The maximum Gasteiger partial charge on any atom is 0.341 e. The van der Waals surface area contributed by atoms with E-state index in [1.807, 2.05) is 13.0 Å². The number of rotatable bonds is 0. The second kappa shape index (κ2) is 2.32. The molecule has 0 fully saturated rings. The molecule has 1 N–H and O–H groups in total. The van der Waals surface area contributed by atoms with Gasteiger partial charge in [-0.2, -0.15) is 0 Å². The van der Waals surface area contributed by atoms with E-state index >= 15 is 0 Å². The van der Waals surface area contributed by atoms with Gasteiger partial charge in [-0.15, -0.1) is 0 Å². The molecule has 0 saturated carbocycles. The van der Waals surface area contributed by atoms with E-state index in [4.69, 9.17) is 0 Å². The molecule has 12 heavy (non-hydrogen) atoms. The predicted molar refractivity (Wildman–Crippen MR) is 41.6 cm³/mol. The minimum Gasteiger partial charge on any atom is -0.428 e. The average molecular weight is 164 g/mol. The molecular formula is C9H8O3. The summed E-state index contributed by atoms with van der Waals surface area (Å²) in [6.07, 6.45) is -1.08. The fourth-order valence-corrected chi connectivity index (χ4v) is 1.41. The van der Waals surface area contributed by atoms with Crippen LogP contribution >= 0.6 is 0 Å². The zero-order valence-electron chi connectivity index (χ0n) is 6.57. The van der Waals surface area contributed by atoms with Gasteiger partial charge in [0.25, 0.3) is 0 Å². The van der Waals surface area contributed by atoms with Crippen molar-refractivity contribution in [2.75, 3.05) is 0 Å². The van der Waals surface area contributed by atoms with Gasteiger partial charge in [0.15, 0.2) is 0 Å². The Hall–Kier alpha value is -1.35. The van der Waals surface area contributed by atoms with Crippen LogP contribution in [0.3, 0.4) is 0 Å². The molecule has 3 heteroatoms. The SMILES string of the molecule is Cc1cccc2c1[C@@H](O)OC2=O. The predicted octanol–water partition coefficient (Wildman–Crippen LogP) is 1.16. The molecule has 0 saturated heterocycles. The van der Waals surface area contributed by atoms with E-state index in [0.717, 1.165) is 5.56 Å². The summed E-state index contributed by atoms with van der Waals surface area (Å²) in [5, 5.41) is 9.29. The second-order valence-electron chi connectivity index (χ2n) is 2.79. The van der Waals surface area contributed by atoms with Gasteiger partial charge in [0, 0.05) is 5.56 Å². The lowest BCUT2D eigenvalue weighted by Gasteiger charge is -2.03. The van der Waals surface area contributed by atoms with Gasteiger partial charge in [0.05, 0.1) is 5.56 Å². The van der Waals surface area contributed by atoms with E-state index in [1.54, 1.807) is 12.1 Å². The zero-order chi connectivity index (χ0) is 8.72. The number of aliphatic hydroxyl groups is 1. The lowest BCUT2D eigenvalue weighted by Crippen LogP contribution is -1.96. The number of carbonyl (C=O) groups is 1. The van der Waals surface area contributed by atoms with Crippen molar-refractivity contribution in [3.63, 3.8) is 0 Å². The Morgan fingerprint density at radius 1 is 1.50 bits per heavy atom. The maximum atomic E-state index is 11.0. The van der Waals surface area contributed by atoms with E-state index < -0.39 is 12.3 Å². The number of cyclic esters (lactones) is 1. The molecule has 1 aromatic rings. The van der Waals surface area contributed by atoms with E-state index in [2.05, 4.69) is 4.74 Å². The van der Waals surface area contributed by atoms with Gasteiger partial charge in [0.2, 0.25) is 6.29 Å². The molecule has 0 aliphatic carbocycles. The lowest BCUT2D eigenvalue weighted by atomic mass is 10.0. The minimum absolute atomic E-state index is 0.443. The Bertz CT molecular complexity index is 344. The third-order valence-electron chi connectivity index (χ3n) is 2.01.